The number of amides is 2. The van der Waals surface area contributed by atoms with Gasteiger partial charge in [-0.1, -0.05) is 12.1 Å². The molecule has 3 rings (SSSR count). The van der Waals surface area contributed by atoms with Crippen LogP contribution in [0.2, 0.25) is 0 Å². The summed E-state index contributed by atoms with van der Waals surface area (Å²) in [6, 6.07) is 8.48. The maximum Gasteiger partial charge on any atom is 0.251 e. The van der Waals surface area contributed by atoms with Gasteiger partial charge in [0.1, 0.15) is 6.04 Å². The van der Waals surface area contributed by atoms with E-state index < -0.39 is 15.9 Å². The van der Waals surface area contributed by atoms with Crippen LogP contribution in [0.15, 0.2) is 30.3 Å². The standard InChI is InChI=1S/C20H26N4O4S/c1-14-11-15(2)24(22-14)13-17-5-4-6-18(12-17)19(25)21-16(3)20(26)23-7-9-29(27,28)10-8-23/h4-6,11-12,16H,7-10,13H2,1-3H3,(H,21,25). The smallest absolute Gasteiger partial charge is 0.251 e. The van der Waals surface area contributed by atoms with E-state index in [9.17, 15) is 18.0 Å². The van der Waals surface area contributed by atoms with Gasteiger partial charge in [-0.2, -0.15) is 5.10 Å². The Hall–Kier alpha value is -2.68. The van der Waals surface area contributed by atoms with Gasteiger partial charge in [-0.15, -0.1) is 0 Å². The largest absolute Gasteiger partial charge is 0.341 e. The molecule has 1 N–H and O–H groups in total. The molecule has 0 spiro atoms. The fraction of sp³-hybridized carbons (Fsp3) is 0.450. The van der Waals surface area contributed by atoms with Crippen molar-refractivity contribution in [2.24, 2.45) is 0 Å². The summed E-state index contributed by atoms with van der Waals surface area (Å²) in [4.78, 5) is 26.6. The number of nitrogens with zero attached hydrogens (tertiary/aromatic N) is 3. The highest BCUT2D eigenvalue weighted by Gasteiger charge is 2.28. The van der Waals surface area contributed by atoms with Crippen molar-refractivity contribution in [2.45, 2.75) is 33.4 Å². The highest BCUT2D eigenvalue weighted by molar-refractivity contribution is 7.91. The lowest BCUT2D eigenvalue weighted by Crippen LogP contribution is -2.51. The number of nitrogens with one attached hydrogen (secondary N) is 1. The highest BCUT2D eigenvalue weighted by Crippen LogP contribution is 2.11. The summed E-state index contributed by atoms with van der Waals surface area (Å²) in [7, 11) is -3.06. The number of benzene rings is 1. The minimum Gasteiger partial charge on any atom is -0.341 e. The molecule has 0 saturated carbocycles. The highest BCUT2D eigenvalue weighted by atomic mass is 32.2. The van der Waals surface area contributed by atoms with E-state index in [1.807, 2.05) is 30.7 Å². The fourth-order valence-electron chi connectivity index (χ4n) is 3.37. The Morgan fingerprint density at radius 2 is 1.86 bits per heavy atom. The first-order valence-corrected chi connectivity index (χ1v) is 11.4. The summed E-state index contributed by atoms with van der Waals surface area (Å²) in [6.07, 6.45) is 0. The summed E-state index contributed by atoms with van der Waals surface area (Å²) < 4.78 is 24.9. The molecule has 1 aliphatic rings. The maximum absolute atomic E-state index is 12.6. The number of aromatic nitrogens is 2. The van der Waals surface area contributed by atoms with E-state index in [-0.39, 0.29) is 36.4 Å². The first kappa shape index (κ1) is 21.0. The lowest BCUT2D eigenvalue weighted by Gasteiger charge is -2.29. The minimum absolute atomic E-state index is 0.0340. The summed E-state index contributed by atoms with van der Waals surface area (Å²) in [5.74, 6) is -0.681. The van der Waals surface area contributed by atoms with Crippen LogP contribution >= 0.6 is 0 Å². The van der Waals surface area contributed by atoms with Gasteiger partial charge in [-0.3, -0.25) is 14.3 Å². The Balaban J connectivity index is 1.63. The number of sulfone groups is 1. The average molecular weight is 419 g/mol. The Bertz CT molecular complexity index is 1010. The van der Waals surface area contributed by atoms with Crippen molar-refractivity contribution >= 4 is 21.7 Å². The van der Waals surface area contributed by atoms with Crippen molar-refractivity contribution in [3.05, 3.63) is 52.8 Å². The van der Waals surface area contributed by atoms with Gasteiger partial charge in [0.05, 0.1) is 23.7 Å². The zero-order chi connectivity index (χ0) is 21.2. The molecule has 156 valence electrons. The van der Waals surface area contributed by atoms with Gasteiger partial charge in [0.2, 0.25) is 5.91 Å². The normalized spacial score (nSPS) is 17.0. The van der Waals surface area contributed by atoms with E-state index >= 15 is 0 Å². The Morgan fingerprint density at radius 3 is 2.48 bits per heavy atom. The number of hydrogen-bond donors (Lipinski definition) is 1. The fourth-order valence-corrected chi connectivity index (χ4v) is 4.57. The number of aryl methyl sites for hydroxylation is 2. The SMILES string of the molecule is Cc1cc(C)n(Cc2cccc(C(=O)NC(C)C(=O)N3CCS(=O)(=O)CC3)c2)n1. The van der Waals surface area contributed by atoms with E-state index in [1.54, 1.807) is 25.1 Å². The van der Waals surface area contributed by atoms with Crippen molar-refractivity contribution in [3.8, 4) is 0 Å². The van der Waals surface area contributed by atoms with Crippen molar-refractivity contribution in [1.82, 2.24) is 20.0 Å². The van der Waals surface area contributed by atoms with Gasteiger partial charge in [-0.05, 0) is 44.5 Å². The van der Waals surface area contributed by atoms with Gasteiger partial charge in [0.15, 0.2) is 9.84 Å². The quantitative estimate of drug-likeness (QED) is 0.778. The van der Waals surface area contributed by atoms with Gasteiger partial charge in [0, 0.05) is 24.3 Å². The van der Waals surface area contributed by atoms with Crippen LogP contribution < -0.4 is 5.32 Å². The van der Waals surface area contributed by atoms with E-state index in [0.29, 0.717) is 12.1 Å². The van der Waals surface area contributed by atoms with Gasteiger partial charge >= 0.3 is 0 Å². The predicted molar refractivity (Wildman–Crippen MR) is 109 cm³/mol. The van der Waals surface area contributed by atoms with Crippen LogP contribution in [0.25, 0.3) is 0 Å². The first-order valence-electron chi connectivity index (χ1n) is 9.55. The van der Waals surface area contributed by atoms with Gasteiger partial charge in [0.25, 0.3) is 5.91 Å². The zero-order valence-electron chi connectivity index (χ0n) is 16.9. The molecule has 1 unspecified atom stereocenters. The molecule has 1 saturated heterocycles. The second-order valence-corrected chi connectivity index (χ2v) is 9.76. The lowest BCUT2D eigenvalue weighted by molar-refractivity contribution is -0.132. The van der Waals surface area contributed by atoms with Crippen molar-refractivity contribution in [2.75, 3.05) is 24.6 Å². The molecule has 1 aromatic carbocycles. The molecule has 0 aliphatic carbocycles. The molecule has 1 aromatic heterocycles. The molecular weight excluding hydrogens is 392 g/mol. The van der Waals surface area contributed by atoms with Crippen LogP contribution in [0.3, 0.4) is 0 Å². The molecule has 2 amide bonds. The zero-order valence-corrected chi connectivity index (χ0v) is 17.7. The Morgan fingerprint density at radius 1 is 1.17 bits per heavy atom. The van der Waals surface area contributed by atoms with Crippen LogP contribution in [0, 0.1) is 13.8 Å². The predicted octanol–water partition coefficient (Wildman–Crippen LogP) is 0.924. The summed E-state index contributed by atoms with van der Waals surface area (Å²) in [5.41, 5.74) is 3.38. The average Bonchev–Trinajstić information content (AvgIpc) is 2.98. The van der Waals surface area contributed by atoms with Gasteiger partial charge in [-0.25, -0.2) is 8.42 Å². The van der Waals surface area contributed by atoms with Crippen molar-refractivity contribution < 1.29 is 18.0 Å². The number of carbonyl (C=O) groups excluding carboxylic acids is 2. The molecule has 9 heteroatoms. The van der Waals surface area contributed by atoms with Crippen molar-refractivity contribution in [3.63, 3.8) is 0 Å². The van der Waals surface area contributed by atoms with E-state index in [0.717, 1.165) is 17.0 Å². The van der Waals surface area contributed by atoms with E-state index in [4.69, 9.17) is 0 Å². The topological polar surface area (TPSA) is 101 Å². The number of carbonyl (C=O) groups is 2. The summed E-state index contributed by atoms with van der Waals surface area (Å²) >= 11 is 0. The molecule has 29 heavy (non-hydrogen) atoms. The Kier molecular flexibility index (Phi) is 6.07. The lowest BCUT2D eigenvalue weighted by atomic mass is 10.1. The second-order valence-electron chi connectivity index (χ2n) is 7.46. The van der Waals surface area contributed by atoms with Crippen LogP contribution in [-0.4, -0.2) is 65.5 Å². The Labute approximate surface area is 170 Å². The van der Waals surface area contributed by atoms with Crippen LogP contribution in [0.1, 0.15) is 34.2 Å². The molecule has 1 aliphatic heterocycles. The third-order valence-electron chi connectivity index (χ3n) is 5.00. The van der Waals surface area contributed by atoms with E-state index in [1.165, 1.54) is 4.90 Å². The minimum atomic E-state index is -3.06. The summed E-state index contributed by atoms with van der Waals surface area (Å²) in [5, 5.41) is 7.16. The molecule has 2 aromatic rings. The molecule has 8 nitrogen and oxygen atoms in total. The molecular formula is C20H26N4O4S. The molecule has 2 heterocycles. The van der Waals surface area contributed by atoms with Crippen LogP contribution in [-0.2, 0) is 21.2 Å². The first-order chi connectivity index (χ1) is 13.6. The van der Waals surface area contributed by atoms with Gasteiger partial charge < -0.3 is 10.2 Å². The molecule has 0 radical (unpaired) electrons. The second kappa shape index (κ2) is 8.36. The number of rotatable bonds is 5. The van der Waals surface area contributed by atoms with Crippen LogP contribution in [0.5, 0.6) is 0 Å². The third kappa shape index (κ3) is 5.23. The molecule has 1 atom stereocenters. The molecule has 1 fully saturated rings. The van der Waals surface area contributed by atoms with E-state index in [2.05, 4.69) is 10.4 Å². The maximum atomic E-state index is 12.6. The summed E-state index contributed by atoms with van der Waals surface area (Å²) in [6.45, 7) is 6.42. The number of hydrogen-bond acceptors (Lipinski definition) is 5. The monoisotopic (exact) mass is 418 g/mol. The van der Waals surface area contributed by atoms with Crippen LogP contribution in [0.4, 0.5) is 0 Å². The van der Waals surface area contributed by atoms with Crippen molar-refractivity contribution in [1.29, 1.82) is 0 Å². The molecule has 0 bridgehead atoms. The third-order valence-corrected chi connectivity index (χ3v) is 6.61.